The van der Waals surface area contributed by atoms with Crippen LogP contribution < -0.4 is 10.6 Å². The maximum absolute atomic E-state index is 12.1. The fourth-order valence-electron chi connectivity index (χ4n) is 2.63. The van der Waals surface area contributed by atoms with Crippen LogP contribution in [-0.2, 0) is 10.8 Å². The Kier molecular flexibility index (Phi) is 7.25. The zero-order chi connectivity index (χ0) is 15.8. The molecule has 1 aliphatic rings. The van der Waals surface area contributed by atoms with Crippen molar-refractivity contribution < 1.29 is 4.21 Å². The molecule has 0 heterocycles. The van der Waals surface area contributed by atoms with Crippen LogP contribution in [0.15, 0.2) is 40.2 Å². The zero-order valence-electron chi connectivity index (χ0n) is 13.2. The smallest absolute Gasteiger partial charge is 0.191 e. The van der Waals surface area contributed by atoms with Gasteiger partial charge >= 0.3 is 0 Å². The van der Waals surface area contributed by atoms with Gasteiger partial charge in [-0.15, -0.1) is 0 Å². The lowest BCUT2D eigenvalue weighted by atomic mass is 10.2. The van der Waals surface area contributed by atoms with Gasteiger partial charge in [-0.1, -0.05) is 18.2 Å². The summed E-state index contributed by atoms with van der Waals surface area (Å²) in [5, 5.41) is 7.50. The number of benzene rings is 1. The van der Waals surface area contributed by atoms with Crippen molar-refractivity contribution in [3.8, 4) is 0 Å². The van der Waals surface area contributed by atoms with E-state index in [9.17, 15) is 4.21 Å². The molecule has 1 aromatic carbocycles. The lowest BCUT2D eigenvalue weighted by molar-refractivity contribution is 0.617. The molecule has 1 aromatic rings. The van der Waals surface area contributed by atoms with Gasteiger partial charge in [-0.2, -0.15) is 11.8 Å². The van der Waals surface area contributed by atoms with E-state index in [-0.39, 0.29) is 0 Å². The van der Waals surface area contributed by atoms with Gasteiger partial charge in [0.05, 0.1) is 10.8 Å². The van der Waals surface area contributed by atoms with E-state index in [1.165, 1.54) is 19.3 Å². The highest BCUT2D eigenvalue weighted by molar-refractivity contribution is 7.99. The quantitative estimate of drug-likeness (QED) is 0.616. The van der Waals surface area contributed by atoms with Gasteiger partial charge in [0.15, 0.2) is 5.96 Å². The van der Waals surface area contributed by atoms with Gasteiger partial charge in [0, 0.05) is 35.5 Å². The van der Waals surface area contributed by atoms with Crippen molar-refractivity contribution in [1.82, 2.24) is 10.6 Å². The number of nitrogens with one attached hydrogen (secondary N) is 2. The first-order chi connectivity index (χ1) is 10.7. The van der Waals surface area contributed by atoms with Crippen LogP contribution in [0, 0.1) is 0 Å². The third-order valence-corrected chi connectivity index (χ3v) is 6.34. The second-order valence-corrected chi connectivity index (χ2v) is 8.08. The zero-order valence-corrected chi connectivity index (χ0v) is 14.9. The minimum atomic E-state index is -0.961. The molecule has 0 aromatic heterocycles. The molecule has 2 N–H and O–H groups in total. The Morgan fingerprint density at radius 2 is 2.14 bits per heavy atom. The van der Waals surface area contributed by atoms with Crippen molar-refractivity contribution in [1.29, 1.82) is 0 Å². The SMILES string of the molecule is CN=C(NCCS(=O)c1ccccc1)NC1CCC(SC)C1. The lowest BCUT2D eigenvalue weighted by Gasteiger charge is -2.17. The van der Waals surface area contributed by atoms with E-state index in [1.54, 1.807) is 7.05 Å². The van der Waals surface area contributed by atoms with E-state index in [0.29, 0.717) is 18.3 Å². The first-order valence-electron chi connectivity index (χ1n) is 7.66. The fraction of sp³-hybridized carbons (Fsp3) is 0.562. The van der Waals surface area contributed by atoms with Gasteiger partial charge < -0.3 is 10.6 Å². The van der Waals surface area contributed by atoms with Crippen molar-refractivity contribution in [2.24, 2.45) is 4.99 Å². The second kappa shape index (κ2) is 9.20. The standard InChI is InChI=1S/C16H25N3OS2/c1-17-16(19-13-8-9-14(12-13)21-2)18-10-11-22(20)15-6-4-3-5-7-15/h3-7,13-14H,8-12H2,1-2H3,(H2,17,18,19). The van der Waals surface area contributed by atoms with Gasteiger partial charge in [-0.25, -0.2) is 0 Å². The summed E-state index contributed by atoms with van der Waals surface area (Å²) in [7, 11) is 0.821. The number of hydrogen-bond donors (Lipinski definition) is 2. The molecule has 122 valence electrons. The van der Waals surface area contributed by atoms with Crippen LogP contribution in [0.5, 0.6) is 0 Å². The third kappa shape index (κ3) is 5.32. The maximum Gasteiger partial charge on any atom is 0.191 e. The highest BCUT2D eigenvalue weighted by atomic mass is 32.2. The Balaban J connectivity index is 1.72. The van der Waals surface area contributed by atoms with Crippen molar-refractivity contribution >= 4 is 28.5 Å². The maximum atomic E-state index is 12.1. The monoisotopic (exact) mass is 339 g/mol. The molecular formula is C16H25N3OS2. The number of guanidine groups is 1. The summed E-state index contributed by atoms with van der Waals surface area (Å²) in [4.78, 5) is 5.14. The van der Waals surface area contributed by atoms with E-state index < -0.39 is 10.8 Å². The molecule has 3 atom stereocenters. The average molecular weight is 340 g/mol. The molecule has 3 unspecified atom stereocenters. The van der Waals surface area contributed by atoms with Crippen LogP contribution in [0.1, 0.15) is 19.3 Å². The first kappa shape index (κ1) is 17.3. The van der Waals surface area contributed by atoms with Crippen LogP contribution in [-0.4, -0.2) is 47.1 Å². The lowest BCUT2D eigenvalue weighted by Crippen LogP contribution is -2.43. The number of thioether (sulfide) groups is 1. The van der Waals surface area contributed by atoms with E-state index in [1.807, 2.05) is 42.1 Å². The molecule has 0 spiro atoms. The van der Waals surface area contributed by atoms with E-state index >= 15 is 0 Å². The molecule has 0 saturated heterocycles. The molecule has 0 aliphatic heterocycles. The topological polar surface area (TPSA) is 53.5 Å². The molecule has 0 bridgehead atoms. The predicted octanol–water partition coefficient (Wildman–Crippen LogP) is 2.24. The van der Waals surface area contributed by atoms with Gasteiger partial charge in [-0.3, -0.25) is 9.20 Å². The van der Waals surface area contributed by atoms with E-state index in [0.717, 1.165) is 16.1 Å². The Morgan fingerprint density at radius 1 is 1.36 bits per heavy atom. The number of rotatable bonds is 6. The summed E-state index contributed by atoms with van der Waals surface area (Å²) >= 11 is 1.95. The second-order valence-electron chi connectivity index (χ2n) is 5.37. The van der Waals surface area contributed by atoms with Crippen LogP contribution in [0.2, 0.25) is 0 Å². The van der Waals surface area contributed by atoms with Crippen molar-refractivity contribution in [2.75, 3.05) is 25.6 Å². The molecule has 1 fully saturated rings. The fourth-order valence-corrected chi connectivity index (χ4v) is 4.41. The molecule has 1 aliphatic carbocycles. The van der Waals surface area contributed by atoms with Crippen molar-refractivity contribution in [3.05, 3.63) is 30.3 Å². The summed E-state index contributed by atoms with van der Waals surface area (Å²) in [5.74, 6) is 1.40. The summed E-state index contributed by atoms with van der Waals surface area (Å²) in [6, 6.07) is 10.1. The number of nitrogens with zero attached hydrogens (tertiary/aromatic N) is 1. The molecular weight excluding hydrogens is 314 g/mol. The first-order valence-corrected chi connectivity index (χ1v) is 10.3. The predicted molar refractivity (Wildman–Crippen MR) is 97.2 cm³/mol. The molecule has 6 heteroatoms. The van der Waals surface area contributed by atoms with Gasteiger partial charge in [-0.05, 0) is 37.7 Å². The third-order valence-electron chi connectivity index (χ3n) is 3.87. The van der Waals surface area contributed by atoms with Crippen molar-refractivity contribution in [3.63, 3.8) is 0 Å². The summed E-state index contributed by atoms with van der Waals surface area (Å²) in [6.45, 7) is 0.653. The van der Waals surface area contributed by atoms with E-state index in [4.69, 9.17) is 0 Å². The molecule has 4 nitrogen and oxygen atoms in total. The number of aliphatic imine (C=N–C) groups is 1. The van der Waals surface area contributed by atoms with Crippen LogP contribution in [0.4, 0.5) is 0 Å². The molecule has 0 radical (unpaired) electrons. The Hall–Kier alpha value is -1.01. The normalized spacial score (nSPS) is 23.3. The largest absolute Gasteiger partial charge is 0.355 e. The average Bonchev–Trinajstić information content (AvgIpc) is 3.02. The number of hydrogen-bond acceptors (Lipinski definition) is 3. The highest BCUT2D eigenvalue weighted by Gasteiger charge is 2.24. The van der Waals surface area contributed by atoms with Gasteiger partial charge in [0.1, 0.15) is 0 Å². The summed E-state index contributed by atoms with van der Waals surface area (Å²) in [6.07, 6.45) is 5.84. The molecule has 22 heavy (non-hydrogen) atoms. The van der Waals surface area contributed by atoms with Crippen molar-refractivity contribution in [2.45, 2.75) is 35.4 Å². The van der Waals surface area contributed by atoms with Crippen LogP contribution >= 0.6 is 11.8 Å². The Bertz CT molecular complexity index is 507. The molecule has 1 saturated carbocycles. The van der Waals surface area contributed by atoms with E-state index in [2.05, 4.69) is 21.9 Å². The van der Waals surface area contributed by atoms with Gasteiger partial charge in [0.2, 0.25) is 0 Å². The molecule has 2 rings (SSSR count). The van der Waals surface area contributed by atoms with Crippen LogP contribution in [0.25, 0.3) is 0 Å². The summed E-state index contributed by atoms with van der Waals surface area (Å²) in [5.41, 5.74) is 0. The highest BCUT2D eigenvalue weighted by Crippen LogP contribution is 2.27. The minimum absolute atomic E-state index is 0.503. The van der Waals surface area contributed by atoms with Crippen LogP contribution in [0.3, 0.4) is 0 Å². The minimum Gasteiger partial charge on any atom is -0.355 e. The Labute approximate surface area is 140 Å². The molecule has 0 amide bonds. The Morgan fingerprint density at radius 3 is 2.77 bits per heavy atom. The summed E-state index contributed by atoms with van der Waals surface area (Å²) < 4.78 is 12.1. The van der Waals surface area contributed by atoms with Gasteiger partial charge in [0.25, 0.3) is 0 Å².